The van der Waals surface area contributed by atoms with Crippen molar-refractivity contribution in [3.05, 3.63) is 65.9 Å². The quantitative estimate of drug-likeness (QED) is 0.621. The maximum atomic E-state index is 9.30. The number of aromatic nitrogens is 1. The third-order valence-electron chi connectivity index (χ3n) is 6.43. The molecule has 2 heterocycles. The van der Waals surface area contributed by atoms with Crippen molar-refractivity contribution in [2.24, 2.45) is 5.73 Å². The van der Waals surface area contributed by atoms with Gasteiger partial charge in [-0.25, -0.2) is 0 Å². The summed E-state index contributed by atoms with van der Waals surface area (Å²) in [4.78, 5) is 8.40. The van der Waals surface area contributed by atoms with Gasteiger partial charge in [0.2, 0.25) is 0 Å². The van der Waals surface area contributed by atoms with Gasteiger partial charge in [-0.2, -0.15) is 5.26 Å². The minimum absolute atomic E-state index is 0.480. The van der Waals surface area contributed by atoms with Crippen LogP contribution in [0, 0.1) is 11.3 Å². The Morgan fingerprint density at radius 1 is 1.20 bits per heavy atom. The molecule has 30 heavy (non-hydrogen) atoms. The molecule has 0 aliphatic carbocycles. The van der Waals surface area contributed by atoms with Crippen molar-refractivity contribution in [2.75, 3.05) is 24.5 Å². The molecule has 5 nitrogen and oxygen atoms in total. The molecule has 5 heteroatoms. The van der Waals surface area contributed by atoms with Crippen LogP contribution in [0.2, 0.25) is 0 Å². The highest BCUT2D eigenvalue weighted by molar-refractivity contribution is 5.83. The number of nitrogens with two attached hydrogens (primary N) is 1. The summed E-state index contributed by atoms with van der Waals surface area (Å²) in [7, 11) is 0. The smallest absolute Gasteiger partial charge is 0.0991 e. The summed E-state index contributed by atoms with van der Waals surface area (Å²) in [6.45, 7) is 6.06. The fourth-order valence-electron chi connectivity index (χ4n) is 4.65. The van der Waals surface area contributed by atoms with E-state index in [1.807, 2.05) is 24.4 Å². The summed E-state index contributed by atoms with van der Waals surface area (Å²) in [5, 5.41) is 10.5. The van der Waals surface area contributed by atoms with Gasteiger partial charge in [-0.05, 0) is 74.7 Å². The van der Waals surface area contributed by atoms with Gasteiger partial charge in [-0.1, -0.05) is 12.1 Å². The molecule has 1 fully saturated rings. The topological polar surface area (TPSA) is 72.1 Å². The summed E-state index contributed by atoms with van der Waals surface area (Å²) < 4.78 is 0. The van der Waals surface area contributed by atoms with E-state index in [4.69, 9.17) is 5.73 Å². The number of fused-ring (bicyclic) bond motifs is 1. The van der Waals surface area contributed by atoms with Crippen molar-refractivity contribution in [2.45, 2.75) is 44.8 Å². The normalized spacial score (nSPS) is 16.4. The molecular formula is C25H31N5. The van der Waals surface area contributed by atoms with E-state index in [0.717, 1.165) is 56.5 Å². The fourth-order valence-corrected chi connectivity index (χ4v) is 4.65. The number of hydrogen-bond acceptors (Lipinski definition) is 4. The molecule has 156 valence electrons. The number of hydrogen-bond donors (Lipinski definition) is 2. The lowest BCUT2D eigenvalue weighted by molar-refractivity contribution is 0.154. The van der Waals surface area contributed by atoms with E-state index in [1.54, 1.807) is 0 Å². The minimum Gasteiger partial charge on any atom is -0.364 e. The predicted molar refractivity (Wildman–Crippen MR) is 123 cm³/mol. The van der Waals surface area contributed by atoms with Gasteiger partial charge in [0, 0.05) is 54.5 Å². The molecule has 2 aromatic carbocycles. The average Bonchev–Trinajstić information content (AvgIpc) is 3.26. The molecule has 1 saturated heterocycles. The number of nitrogens with one attached hydrogen (secondary N) is 1. The number of anilines is 1. The molecule has 0 amide bonds. The van der Waals surface area contributed by atoms with Crippen LogP contribution in [0.3, 0.4) is 0 Å². The summed E-state index contributed by atoms with van der Waals surface area (Å²) >= 11 is 0. The first-order valence-electron chi connectivity index (χ1n) is 10.9. The molecule has 0 radical (unpaired) electrons. The number of benzene rings is 2. The highest BCUT2D eigenvalue weighted by Gasteiger charge is 2.27. The highest BCUT2D eigenvalue weighted by Crippen LogP contribution is 2.29. The van der Waals surface area contributed by atoms with E-state index in [9.17, 15) is 5.26 Å². The highest BCUT2D eigenvalue weighted by atomic mass is 15.2. The van der Waals surface area contributed by atoms with E-state index in [1.165, 1.54) is 16.6 Å². The third-order valence-corrected chi connectivity index (χ3v) is 6.43. The van der Waals surface area contributed by atoms with Crippen LogP contribution in [0.15, 0.2) is 54.7 Å². The molecule has 1 aliphatic heterocycles. The Labute approximate surface area is 179 Å². The van der Waals surface area contributed by atoms with Crippen molar-refractivity contribution >= 4 is 16.6 Å². The van der Waals surface area contributed by atoms with Crippen LogP contribution in [0.5, 0.6) is 0 Å². The monoisotopic (exact) mass is 401 g/mol. The molecule has 1 atom stereocenters. The van der Waals surface area contributed by atoms with Gasteiger partial charge in [0.25, 0.3) is 0 Å². The number of aromatic amines is 1. The van der Waals surface area contributed by atoms with Gasteiger partial charge in [-0.3, -0.25) is 0 Å². The van der Waals surface area contributed by atoms with Gasteiger partial charge in [0.05, 0.1) is 11.6 Å². The molecule has 1 aliphatic rings. The second-order valence-corrected chi connectivity index (χ2v) is 8.38. The number of likely N-dealkylation sites (tertiary alicyclic amines) is 1. The molecule has 3 aromatic rings. The Morgan fingerprint density at radius 3 is 2.80 bits per heavy atom. The summed E-state index contributed by atoms with van der Waals surface area (Å²) in [6.07, 6.45) is 5.32. The van der Waals surface area contributed by atoms with E-state index in [-0.39, 0.29) is 0 Å². The first-order chi connectivity index (χ1) is 14.7. The van der Waals surface area contributed by atoms with Gasteiger partial charge < -0.3 is 20.5 Å². The number of rotatable bonds is 7. The number of H-pyrrole nitrogens is 1. The second-order valence-electron chi connectivity index (χ2n) is 8.38. The number of nitriles is 1. The Bertz CT molecular complexity index is 1010. The maximum absolute atomic E-state index is 9.30. The van der Waals surface area contributed by atoms with Crippen LogP contribution in [-0.4, -0.2) is 41.6 Å². The van der Waals surface area contributed by atoms with Crippen LogP contribution in [0.4, 0.5) is 5.69 Å². The fraction of sp³-hybridized carbons (Fsp3) is 0.400. The van der Waals surface area contributed by atoms with Crippen LogP contribution >= 0.6 is 0 Å². The average molecular weight is 402 g/mol. The SMILES string of the molecule is CC(CCN)N1CCC(N(Cc2cccc(C#N)c2)c2ccc3[nH]ccc3c2)CC1. The lowest BCUT2D eigenvalue weighted by Crippen LogP contribution is -2.47. The van der Waals surface area contributed by atoms with Crippen LogP contribution in [-0.2, 0) is 6.54 Å². The van der Waals surface area contributed by atoms with Gasteiger partial charge >= 0.3 is 0 Å². The number of piperidine rings is 1. The molecule has 4 rings (SSSR count). The molecule has 1 unspecified atom stereocenters. The van der Waals surface area contributed by atoms with Gasteiger partial charge in [-0.15, -0.1) is 0 Å². The zero-order valence-electron chi connectivity index (χ0n) is 17.7. The molecule has 1 aromatic heterocycles. The zero-order chi connectivity index (χ0) is 20.9. The maximum Gasteiger partial charge on any atom is 0.0991 e. The molecule has 0 spiro atoms. The van der Waals surface area contributed by atoms with Crippen LogP contribution in [0.1, 0.15) is 37.3 Å². The molecular weight excluding hydrogens is 370 g/mol. The Kier molecular flexibility index (Phi) is 6.37. The van der Waals surface area contributed by atoms with Crippen molar-refractivity contribution in [3.8, 4) is 6.07 Å². The molecule has 0 bridgehead atoms. The van der Waals surface area contributed by atoms with E-state index < -0.39 is 0 Å². The summed E-state index contributed by atoms with van der Waals surface area (Å²) in [5.74, 6) is 0. The molecule has 3 N–H and O–H groups in total. The van der Waals surface area contributed by atoms with Crippen LogP contribution in [0.25, 0.3) is 10.9 Å². The molecule has 0 saturated carbocycles. The summed E-state index contributed by atoms with van der Waals surface area (Å²) in [5.41, 5.74) is 10.1. The Balaban J connectivity index is 1.58. The predicted octanol–water partition coefficient (Wildman–Crippen LogP) is 4.25. The standard InChI is InChI=1S/C25H31N5/c1-19(7-11-26)29-13-9-23(10-14-29)30(18-21-4-2-3-20(15-21)17-27)24-5-6-25-22(16-24)8-12-28-25/h2-6,8,12,15-16,19,23,28H,7,9-11,13-14,18,26H2,1H3. The third kappa shape index (κ3) is 4.51. The Hall–Kier alpha value is -2.81. The van der Waals surface area contributed by atoms with Crippen molar-refractivity contribution in [3.63, 3.8) is 0 Å². The zero-order valence-corrected chi connectivity index (χ0v) is 17.7. The van der Waals surface area contributed by atoms with E-state index >= 15 is 0 Å². The van der Waals surface area contributed by atoms with E-state index in [0.29, 0.717) is 12.1 Å². The first kappa shape index (κ1) is 20.5. The Morgan fingerprint density at radius 2 is 2.03 bits per heavy atom. The van der Waals surface area contributed by atoms with Gasteiger partial charge in [0.15, 0.2) is 0 Å². The summed E-state index contributed by atoms with van der Waals surface area (Å²) in [6, 6.07) is 20.1. The largest absolute Gasteiger partial charge is 0.364 e. The lowest BCUT2D eigenvalue weighted by atomic mass is 9.99. The van der Waals surface area contributed by atoms with E-state index in [2.05, 4.69) is 58.1 Å². The van der Waals surface area contributed by atoms with Crippen molar-refractivity contribution in [1.29, 1.82) is 5.26 Å². The minimum atomic E-state index is 0.480. The number of nitrogens with zero attached hydrogens (tertiary/aromatic N) is 3. The second kappa shape index (κ2) is 9.34. The van der Waals surface area contributed by atoms with Crippen molar-refractivity contribution < 1.29 is 0 Å². The lowest BCUT2D eigenvalue weighted by Gasteiger charge is -2.42. The van der Waals surface area contributed by atoms with Crippen molar-refractivity contribution in [1.82, 2.24) is 9.88 Å². The van der Waals surface area contributed by atoms with Gasteiger partial charge in [0.1, 0.15) is 0 Å². The first-order valence-corrected chi connectivity index (χ1v) is 10.9. The van der Waals surface area contributed by atoms with Crippen LogP contribution < -0.4 is 10.6 Å².